The van der Waals surface area contributed by atoms with Crippen molar-refractivity contribution >= 4 is 29.3 Å². The van der Waals surface area contributed by atoms with Crippen molar-refractivity contribution in [2.24, 2.45) is 5.73 Å². The minimum atomic E-state index is -0.521. The van der Waals surface area contributed by atoms with E-state index >= 15 is 0 Å². The van der Waals surface area contributed by atoms with Crippen LogP contribution in [-0.4, -0.2) is 29.2 Å². The molecule has 3 rings (SSSR count). The van der Waals surface area contributed by atoms with Crippen molar-refractivity contribution in [3.63, 3.8) is 0 Å². The Kier molecular flexibility index (Phi) is 7.47. The second-order valence-electron chi connectivity index (χ2n) is 6.77. The summed E-state index contributed by atoms with van der Waals surface area (Å²) in [5.41, 5.74) is 7.95. The van der Waals surface area contributed by atoms with Crippen molar-refractivity contribution < 1.29 is 14.3 Å². The number of aromatic nitrogens is 1. The fourth-order valence-electron chi connectivity index (χ4n) is 3.19. The molecule has 1 heterocycles. The van der Waals surface area contributed by atoms with Crippen molar-refractivity contribution in [3.8, 4) is 22.9 Å². The molecule has 1 aromatic heterocycles. The van der Waals surface area contributed by atoms with Crippen molar-refractivity contribution in [2.75, 3.05) is 17.7 Å². The lowest BCUT2D eigenvalue weighted by Crippen LogP contribution is -2.18. The molecule has 0 fully saturated rings. The van der Waals surface area contributed by atoms with Crippen LogP contribution in [0, 0.1) is 18.3 Å². The molecular weight excluding hydrogens is 424 g/mol. The molecule has 0 unspecified atom stereocenters. The van der Waals surface area contributed by atoms with Crippen LogP contribution in [0.1, 0.15) is 28.5 Å². The standard InChI is InChI=1S/C24H22N4O3S/c1-3-31-18-11-9-16(10-12-18)22-19(13-25)24(32-14-20(26)29)27-15(2)21(22)23(30)28-17-7-5-4-6-8-17/h4-12H,3,14H2,1-2H3,(H2,26,29)(H,28,30). The average Bonchev–Trinajstić information content (AvgIpc) is 2.78. The highest BCUT2D eigenvalue weighted by atomic mass is 32.2. The van der Waals surface area contributed by atoms with E-state index in [0.29, 0.717) is 39.9 Å². The van der Waals surface area contributed by atoms with E-state index in [-0.39, 0.29) is 22.8 Å². The van der Waals surface area contributed by atoms with Crippen LogP contribution in [0.25, 0.3) is 11.1 Å². The fourth-order valence-corrected chi connectivity index (χ4v) is 3.96. The second-order valence-corrected chi connectivity index (χ2v) is 7.74. The molecule has 2 aromatic carbocycles. The van der Waals surface area contributed by atoms with Gasteiger partial charge < -0.3 is 15.8 Å². The van der Waals surface area contributed by atoms with E-state index in [4.69, 9.17) is 10.5 Å². The molecule has 8 heteroatoms. The van der Waals surface area contributed by atoms with E-state index in [1.165, 1.54) is 0 Å². The SMILES string of the molecule is CCOc1ccc(-c2c(C#N)c(SCC(N)=O)nc(C)c2C(=O)Nc2ccccc2)cc1. The lowest BCUT2D eigenvalue weighted by Gasteiger charge is -2.17. The van der Waals surface area contributed by atoms with Crippen molar-refractivity contribution in [2.45, 2.75) is 18.9 Å². The highest BCUT2D eigenvalue weighted by molar-refractivity contribution is 8.00. The van der Waals surface area contributed by atoms with Gasteiger partial charge in [-0.3, -0.25) is 9.59 Å². The third-order valence-corrected chi connectivity index (χ3v) is 5.52. The molecule has 0 saturated heterocycles. The number of hydrogen-bond acceptors (Lipinski definition) is 6. The molecule has 32 heavy (non-hydrogen) atoms. The van der Waals surface area contributed by atoms with Crippen LogP contribution >= 0.6 is 11.8 Å². The van der Waals surface area contributed by atoms with Gasteiger partial charge in [0.25, 0.3) is 5.91 Å². The number of amides is 2. The summed E-state index contributed by atoms with van der Waals surface area (Å²) in [7, 11) is 0. The minimum Gasteiger partial charge on any atom is -0.494 e. The number of carbonyl (C=O) groups excluding carboxylic acids is 2. The van der Waals surface area contributed by atoms with Crippen LogP contribution in [0.3, 0.4) is 0 Å². The number of carbonyl (C=O) groups is 2. The van der Waals surface area contributed by atoms with Gasteiger partial charge in [0.2, 0.25) is 5.91 Å². The van der Waals surface area contributed by atoms with Crippen molar-refractivity contribution in [3.05, 3.63) is 71.4 Å². The van der Waals surface area contributed by atoms with Crippen molar-refractivity contribution in [1.29, 1.82) is 5.26 Å². The van der Waals surface area contributed by atoms with E-state index in [9.17, 15) is 14.9 Å². The predicted octanol–water partition coefficient (Wildman–Crippen LogP) is 4.16. The number of anilines is 1. The number of benzene rings is 2. The monoisotopic (exact) mass is 446 g/mol. The molecule has 7 nitrogen and oxygen atoms in total. The van der Waals surface area contributed by atoms with E-state index in [2.05, 4.69) is 16.4 Å². The topological polar surface area (TPSA) is 118 Å². The molecule has 0 radical (unpaired) electrons. The van der Waals surface area contributed by atoms with Gasteiger partial charge in [-0.25, -0.2) is 4.98 Å². The van der Waals surface area contributed by atoms with Crippen LogP contribution in [0.4, 0.5) is 5.69 Å². The zero-order valence-corrected chi connectivity index (χ0v) is 18.5. The van der Waals surface area contributed by atoms with Gasteiger partial charge in [0, 0.05) is 11.3 Å². The van der Waals surface area contributed by atoms with Gasteiger partial charge >= 0.3 is 0 Å². The first-order valence-electron chi connectivity index (χ1n) is 9.90. The Bertz CT molecular complexity index is 1170. The fraction of sp³-hybridized carbons (Fsp3) is 0.167. The number of nitrogens with two attached hydrogens (primary N) is 1. The summed E-state index contributed by atoms with van der Waals surface area (Å²) >= 11 is 1.07. The van der Waals surface area contributed by atoms with Gasteiger partial charge in [-0.05, 0) is 43.7 Å². The first-order valence-corrected chi connectivity index (χ1v) is 10.9. The summed E-state index contributed by atoms with van der Waals surface area (Å²) < 4.78 is 5.51. The number of nitrogens with zero attached hydrogens (tertiary/aromatic N) is 2. The Balaban J connectivity index is 2.17. The largest absolute Gasteiger partial charge is 0.494 e. The summed E-state index contributed by atoms with van der Waals surface area (Å²) in [6, 6.07) is 18.4. The first-order chi connectivity index (χ1) is 15.4. The Labute approximate surface area is 190 Å². The Hall–Kier alpha value is -3.83. The second kappa shape index (κ2) is 10.5. The van der Waals surface area contributed by atoms with Crippen LogP contribution in [0.15, 0.2) is 59.6 Å². The molecule has 0 aliphatic heterocycles. The number of para-hydroxylation sites is 1. The number of aryl methyl sites for hydroxylation is 1. The number of ether oxygens (including phenoxy) is 1. The number of nitriles is 1. The van der Waals surface area contributed by atoms with E-state index in [1.807, 2.05) is 25.1 Å². The summed E-state index contributed by atoms with van der Waals surface area (Å²) in [5.74, 6) is -0.251. The number of primary amides is 1. The zero-order valence-electron chi connectivity index (χ0n) is 17.7. The molecule has 0 spiro atoms. The highest BCUT2D eigenvalue weighted by Crippen LogP contribution is 2.36. The smallest absolute Gasteiger partial charge is 0.258 e. The van der Waals surface area contributed by atoms with Gasteiger partial charge in [0.05, 0.1) is 29.2 Å². The maximum absolute atomic E-state index is 13.3. The third-order valence-electron chi connectivity index (χ3n) is 4.52. The zero-order chi connectivity index (χ0) is 23.1. The van der Waals surface area contributed by atoms with Crippen molar-refractivity contribution in [1.82, 2.24) is 4.98 Å². The molecular formula is C24H22N4O3S. The molecule has 3 aromatic rings. The van der Waals surface area contributed by atoms with E-state index < -0.39 is 5.91 Å². The van der Waals surface area contributed by atoms with Crippen LogP contribution in [0.5, 0.6) is 5.75 Å². The number of thioether (sulfide) groups is 1. The number of nitrogens with one attached hydrogen (secondary N) is 1. The van der Waals surface area contributed by atoms with Crippen LogP contribution in [0.2, 0.25) is 0 Å². The maximum Gasteiger partial charge on any atom is 0.258 e. The summed E-state index contributed by atoms with van der Waals surface area (Å²) in [4.78, 5) is 29.0. The summed E-state index contributed by atoms with van der Waals surface area (Å²) in [5, 5.41) is 13.2. The maximum atomic E-state index is 13.3. The van der Waals surface area contributed by atoms with Gasteiger partial charge in [-0.2, -0.15) is 5.26 Å². The van der Waals surface area contributed by atoms with Gasteiger partial charge in [-0.1, -0.05) is 42.1 Å². The lowest BCUT2D eigenvalue weighted by atomic mass is 9.94. The summed E-state index contributed by atoms with van der Waals surface area (Å²) in [6.07, 6.45) is 0. The van der Waals surface area contributed by atoms with Gasteiger partial charge in [0.1, 0.15) is 16.8 Å². The molecule has 0 aliphatic rings. The molecule has 0 aliphatic carbocycles. The molecule has 3 N–H and O–H groups in total. The molecule has 0 atom stereocenters. The Morgan fingerprint density at radius 3 is 2.44 bits per heavy atom. The lowest BCUT2D eigenvalue weighted by molar-refractivity contribution is -0.115. The average molecular weight is 447 g/mol. The molecule has 0 saturated carbocycles. The predicted molar refractivity (Wildman–Crippen MR) is 125 cm³/mol. The normalized spacial score (nSPS) is 10.3. The molecule has 162 valence electrons. The first kappa shape index (κ1) is 22.8. The number of pyridine rings is 1. The van der Waals surface area contributed by atoms with Crippen LogP contribution in [-0.2, 0) is 4.79 Å². The Morgan fingerprint density at radius 2 is 1.84 bits per heavy atom. The Morgan fingerprint density at radius 1 is 1.16 bits per heavy atom. The summed E-state index contributed by atoms with van der Waals surface area (Å²) in [6.45, 7) is 4.12. The van der Waals surface area contributed by atoms with Gasteiger partial charge in [0.15, 0.2) is 0 Å². The quantitative estimate of drug-likeness (QED) is 0.502. The minimum absolute atomic E-state index is 0.0284. The number of hydrogen-bond donors (Lipinski definition) is 2. The number of rotatable bonds is 8. The molecule has 2 amide bonds. The molecule has 0 bridgehead atoms. The van der Waals surface area contributed by atoms with Crippen LogP contribution < -0.4 is 15.8 Å². The third kappa shape index (κ3) is 5.25. The van der Waals surface area contributed by atoms with E-state index in [0.717, 1.165) is 11.8 Å². The highest BCUT2D eigenvalue weighted by Gasteiger charge is 2.24. The van der Waals surface area contributed by atoms with Gasteiger partial charge in [-0.15, -0.1) is 0 Å². The van der Waals surface area contributed by atoms with E-state index in [1.54, 1.807) is 43.3 Å².